The Morgan fingerprint density at radius 1 is 1.18 bits per heavy atom. The maximum absolute atomic E-state index is 13.9. The second-order valence-corrected chi connectivity index (χ2v) is 9.94. The number of amides is 2. The molecule has 1 aromatic heterocycles. The number of thiazole rings is 1. The summed E-state index contributed by atoms with van der Waals surface area (Å²) in [6, 6.07) is 2.02. The molecule has 4 aliphatic rings. The number of hydrogen-bond donors (Lipinski definition) is 2. The number of carbonyl (C=O) groups is 2. The molecule has 8 heteroatoms. The molecule has 1 heterocycles. The van der Waals surface area contributed by atoms with Crippen LogP contribution in [-0.2, 0) is 9.59 Å². The summed E-state index contributed by atoms with van der Waals surface area (Å²) in [4.78, 5) is 29.2. The molecule has 4 saturated carbocycles. The lowest BCUT2D eigenvalue weighted by Crippen LogP contribution is -2.65. The van der Waals surface area contributed by atoms with Crippen molar-refractivity contribution in [2.24, 2.45) is 17.3 Å². The van der Waals surface area contributed by atoms with Crippen molar-refractivity contribution in [3.8, 4) is 0 Å². The molecule has 28 heavy (non-hydrogen) atoms. The van der Waals surface area contributed by atoms with Crippen molar-refractivity contribution in [1.82, 2.24) is 10.3 Å². The molecule has 2 atom stereocenters. The molecule has 2 unspecified atom stereocenters. The third-order valence-electron chi connectivity index (χ3n) is 6.62. The normalized spacial score (nSPS) is 33.2. The number of nitrogens with zero attached hydrogens (tertiary/aromatic N) is 1. The summed E-state index contributed by atoms with van der Waals surface area (Å²) >= 11 is 1.07. The molecule has 2 N–H and O–H groups in total. The molecule has 4 bridgehead atoms. The SMILES string of the molecule is CC(=O)NC12CC3CC(C1)CC(C(=O)Nc1nc4c(F)cc(F)cc4s1)(C3)C2. The molecule has 5 nitrogen and oxygen atoms in total. The van der Waals surface area contributed by atoms with E-state index in [1.165, 1.54) is 13.0 Å². The van der Waals surface area contributed by atoms with Gasteiger partial charge < -0.3 is 10.6 Å². The van der Waals surface area contributed by atoms with Crippen LogP contribution in [0, 0.1) is 28.9 Å². The molecule has 6 rings (SSSR count). The van der Waals surface area contributed by atoms with Gasteiger partial charge in [-0.05, 0) is 56.4 Å². The summed E-state index contributed by atoms with van der Waals surface area (Å²) < 4.78 is 27.7. The van der Waals surface area contributed by atoms with Gasteiger partial charge in [0.15, 0.2) is 10.9 Å². The summed E-state index contributed by atoms with van der Waals surface area (Å²) in [5.41, 5.74) is -0.758. The molecule has 4 fully saturated rings. The summed E-state index contributed by atoms with van der Waals surface area (Å²) in [6.45, 7) is 1.53. The average molecular weight is 405 g/mol. The number of carbonyl (C=O) groups excluding carboxylic acids is 2. The topological polar surface area (TPSA) is 71.1 Å². The van der Waals surface area contributed by atoms with Crippen LogP contribution in [0.2, 0.25) is 0 Å². The quantitative estimate of drug-likeness (QED) is 0.811. The lowest BCUT2D eigenvalue weighted by molar-refractivity contribution is -0.148. The standard InChI is InChI=1S/C20H21F2N3O2S/c1-10(26)25-20-7-11-2-12(8-20)6-19(5-11,9-20)17(27)24-18-23-16-14(22)3-13(21)4-15(16)28-18/h3-4,11-12H,2,5-9H2,1H3,(H,25,26)(H,23,24,27). The Hall–Kier alpha value is -2.09. The fraction of sp³-hybridized carbons (Fsp3) is 0.550. The Bertz CT molecular complexity index is 991. The van der Waals surface area contributed by atoms with E-state index in [0.29, 0.717) is 23.0 Å². The minimum Gasteiger partial charge on any atom is -0.351 e. The van der Waals surface area contributed by atoms with E-state index in [0.717, 1.165) is 49.5 Å². The summed E-state index contributed by atoms with van der Waals surface area (Å²) in [5.74, 6) is -0.699. The minimum absolute atomic E-state index is 0.0545. The Morgan fingerprint density at radius 3 is 2.57 bits per heavy atom. The van der Waals surface area contributed by atoms with Crippen molar-refractivity contribution in [2.45, 2.75) is 51.0 Å². The third-order valence-corrected chi connectivity index (χ3v) is 7.54. The monoisotopic (exact) mass is 405 g/mol. The molecule has 0 saturated heterocycles. The van der Waals surface area contributed by atoms with E-state index < -0.39 is 17.0 Å². The first-order valence-corrected chi connectivity index (χ1v) is 10.4. The highest BCUT2D eigenvalue weighted by Gasteiger charge is 2.60. The molecule has 0 spiro atoms. The molecular formula is C20H21F2N3O2S. The number of anilines is 1. The zero-order valence-electron chi connectivity index (χ0n) is 15.5. The predicted octanol–water partition coefficient (Wildman–Crippen LogP) is 3.99. The summed E-state index contributed by atoms with van der Waals surface area (Å²) in [6.07, 6.45) is 5.23. The van der Waals surface area contributed by atoms with E-state index >= 15 is 0 Å². The number of halogens is 2. The van der Waals surface area contributed by atoms with Crippen LogP contribution < -0.4 is 10.6 Å². The zero-order chi connectivity index (χ0) is 19.7. The first-order chi connectivity index (χ1) is 13.3. The molecule has 2 aromatic rings. The van der Waals surface area contributed by atoms with Gasteiger partial charge in [0, 0.05) is 18.5 Å². The number of aromatic nitrogens is 1. The Labute approximate surface area is 164 Å². The van der Waals surface area contributed by atoms with E-state index in [1.807, 2.05) is 0 Å². The summed E-state index contributed by atoms with van der Waals surface area (Å²) in [5, 5.41) is 6.30. The van der Waals surface area contributed by atoms with Crippen molar-refractivity contribution in [2.75, 3.05) is 5.32 Å². The second-order valence-electron chi connectivity index (χ2n) is 8.91. The summed E-state index contributed by atoms with van der Waals surface area (Å²) in [7, 11) is 0. The van der Waals surface area contributed by atoms with Gasteiger partial charge >= 0.3 is 0 Å². The maximum Gasteiger partial charge on any atom is 0.232 e. The molecule has 0 radical (unpaired) electrons. The highest BCUT2D eigenvalue weighted by Crippen LogP contribution is 2.62. The van der Waals surface area contributed by atoms with Gasteiger partial charge in [-0.2, -0.15) is 0 Å². The Morgan fingerprint density at radius 2 is 1.89 bits per heavy atom. The molecule has 4 aliphatic carbocycles. The predicted molar refractivity (Wildman–Crippen MR) is 102 cm³/mol. The van der Waals surface area contributed by atoms with Gasteiger partial charge in [-0.25, -0.2) is 13.8 Å². The van der Waals surface area contributed by atoms with Gasteiger partial charge in [0.25, 0.3) is 0 Å². The van der Waals surface area contributed by atoms with Gasteiger partial charge in [0.1, 0.15) is 11.3 Å². The number of hydrogen-bond acceptors (Lipinski definition) is 4. The lowest BCUT2D eigenvalue weighted by atomic mass is 9.46. The van der Waals surface area contributed by atoms with Gasteiger partial charge in [0.2, 0.25) is 11.8 Å². The van der Waals surface area contributed by atoms with Crippen LogP contribution >= 0.6 is 11.3 Å². The fourth-order valence-corrected chi connectivity index (χ4v) is 7.19. The van der Waals surface area contributed by atoms with Crippen molar-refractivity contribution in [1.29, 1.82) is 0 Å². The molecular weight excluding hydrogens is 384 g/mol. The Balaban J connectivity index is 1.43. The van der Waals surface area contributed by atoms with Gasteiger partial charge in [-0.3, -0.25) is 9.59 Å². The van der Waals surface area contributed by atoms with Crippen LogP contribution in [0.4, 0.5) is 13.9 Å². The van der Waals surface area contributed by atoms with Crippen molar-refractivity contribution < 1.29 is 18.4 Å². The number of fused-ring (bicyclic) bond motifs is 1. The van der Waals surface area contributed by atoms with Crippen LogP contribution in [0.15, 0.2) is 12.1 Å². The highest BCUT2D eigenvalue weighted by molar-refractivity contribution is 7.22. The third kappa shape index (κ3) is 2.80. The first kappa shape index (κ1) is 18.0. The zero-order valence-corrected chi connectivity index (χ0v) is 16.3. The molecule has 148 valence electrons. The largest absolute Gasteiger partial charge is 0.351 e. The fourth-order valence-electron chi connectivity index (χ4n) is 6.29. The minimum atomic E-state index is -0.730. The van der Waals surface area contributed by atoms with Crippen LogP contribution in [0.25, 0.3) is 10.2 Å². The van der Waals surface area contributed by atoms with Crippen LogP contribution in [0.1, 0.15) is 45.4 Å². The number of rotatable bonds is 3. The van der Waals surface area contributed by atoms with Crippen LogP contribution in [0.5, 0.6) is 0 Å². The molecule has 0 aliphatic heterocycles. The van der Waals surface area contributed by atoms with E-state index in [9.17, 15) is 18.4 Å². The second kappa shape index (κ2) is 5.95. The van der Waals surface area contributed by atoms with E-state index in [4.69, 9.17) is 0 Å². The Kier molecular flexibility index (Phi) is 3.82. The van der Waals surface area contributed by atoms with Crippen molar-refractivity contribution in [3.63, 3.8) is 0 Å². The lowest BCUT2D eigenvalue weighted by Gasteiger charge is -2.61. The van der Waals surface area contributed by atoms with E-state index in [-0.39, 0.29) is 28.0 Å². The van der Waals surface area contributed by atoms with Gasteiger partial charge in [-0.15, -0.1) is 0 Å². The molecule has 2 amide bonds. The van der Waals surface area contributed by atoms with Crippen molar-refractivity contribution in [3.05, 3.63) is 23.8 Å². The highest BCUT2D eigenvalue weighted by atomic mass is 32.1. The maximum atomic E-state index is 13.9. The van der Waals surface area contributed by atoms with Crippen LogP contribution in [0.3, 0.4) is 0 Å². The van der Waals surface area contributed by atoms with Gasteiger partial charge in [-0.1, -0.05) is 11.3 Å². The molecule has 1 aromatic carbocycles. The van der Waals surface area contributed by atoms with Crippen LogP contribution in [-0.4, -0.2) is 22.3 Å². The smallest absolute Gasteiger partial charge is 0.232 e. The van der Waals surface area contributed by atoms with Crippen molar-refractivity contribution >= 4 is 38.5 Å². The first-order valence-electron chi connectivity index (χ1n) is 9.62. The number of nitrogens with one attached hydrogen (secondary N) is 2. The number of benzene rings is 1. The van der Waals surface area contributed by atoms with E-state index in [1.54, 1.807) is 0 Å². The van der Waals surface area contributed by atoms with Gasteiger partial charge in [0.05, 0.1) is 10.1 Å². The average Bonchev–Trinajstić information content (AvgIpc) is 2.94. The van der Waals surface area contributed by atoms with E-state index in [2.05, 4.69) is 15.6 Å².